The number of amides is 5. The van der Waals surface area contributed by atoms with Gasteiger partial charge in [-0.3, -0.25) is 9.78 Å². The first kappa shape index (κ1) is 26.9. The van der Waals surface area contributed by atoms with Crippen LogP contribution in [0.5, 0.6) is 0 Å². The SMILES string of the molecule is C[C@H](CCc1ncccc1C(N)=O)N1CCC(N(Cc2ccsc2)C(=O)NCCN2CCNC2=O)CC1. The van der Waals surface area contributed by atoms with E-state index in [2.05, 4.69) is 38.9 Å². The lowest BCUT2D eigenvalue weighted by Crippen LogP contribution is -2.52. The molecule has 4 N–H and O–H groups in total. The summed E-state index contributed by atoms with van der Waals surface area (Å²) in [5, 5.41) is 9.95. The first-order chi connectivity index (χ1) is 17.9. The largest absolute Gasteiger partial charge is 0.366 e. The van der Waals surface area contributed by atoms with Crippen molar-refractivity contribution in [2.45, 2.75) is 51.2 Å². The van der Waals surface area contributed by atoms with Crippen LogP contribution in [0.2, 0.25) is 0 Å². The van der Waals surface area contributed by atoms with Crippen molar-refractivity contribution in [3.63, 3.8) is 0 Å². The Bertz CT molecular complexity index is 1060. The molecule has 0 unspecified atom stereocenters. The smallest absolute Gasteiger partial charge is 0.318 e. The molecule has 0 bridgehead atoms. The van der Waals surface area contributed by atoms with Crippen molar-refractivity contribution >= 4 is 29.3 Å². The first-order valence-electron chi connectivity index (χ1n) is 13.0. The zero-order valence-corrected chi connectivity index (χ0v) is 22.2. The van der Waals surface area contributed by atoms with E-state index in [4.69, 9.17) is 5.73 Å². The number of aromatic nitrogens is 1. The number of carbonyl (C=O) groups is 3. The van der Waals surface area contributed by atoms with Gasteiger partial charge in [-0.05, 0) is 67.1 Å². The van der Waals surface area contributed by atoms with E-state index in [1.54, 1.807) is 34.6 Å². The maximum absolute atomic E-state index is 13.2. The second-order valence-electron chi connectivity index (χ2n) is 9.73. The van der Waals surface area contributed by atoms with Gasteiger partial charge < -0.3 is 31.1 Å². The lowest BCUT2D eigenvalue weighted by atomic mass is 9.99. The van der Waals surface area contributed by atoms with Crippen molar-refractivity contribution in [1.29, 1.82) is 0 Å². The summed E-state index contributed by atoms with van der Waals surface area (Å²) in [4.78, 5) is 47.2. The van der Waals surface area contributed by atoms with Crippen molar-refractivity contribution in [3.05, 3.63) is 52.0 Å². The van der Waals surface area contributed by atoms with Crippen LogP contribution in [0.15, 0.2) is 35.2 Å². The van der Waals surface area contributed by atoms with Crippen LogP contribution in [-0.4, -0.2) is 89.0 Å². The van der Waals surface area contributed by atoms with Crippen molar-refractivity contribution in [2.75, 3.05) is 39.3 Å². The molecule has 4 heterocycles. The molecule has 0 aromatic carbocycles. The van der Waals surface area contributed by atoms with Gasteiger partial charge in [0.05, 0.1) is 11.3 Å². The van der Waals surface area contributed by atoms with E-state index in [1.807, 2.05) is 10.3 Å². The normalized spacial score (nSPS) is 17.4. The number of nitrogens with zero attached hydrogens (tertiary/aromatic N) is 4. The van der Waals surface area contributed by atoms with Gasteiger partial charge in [-0.15, -0.1) is 0 Å². The van der Waals surface area contributed by atoms with Crippen molar-refractivity contribution < 1.29 is 14.4 Å². The number of hydrogen-bond donors (Lipinski definition) is 3. The lowest BCUT2D eigenvalue weighted by Gasteiger charge is -2.40. The third kappa shape index (κ3) is 7.20. The number of likely N-dealkylation sites (tertiary alicyclic amines) is 1. The van der Waals surface area contributed by atoms with Crippen molar-refractivity contribution in [2.24, 2.45) is 5.73 Å². The summed E-state index contributed by atoms with van der Waals surface area (Å²) in [6.07, 6.45) is 5.07. The summed E-state index contributed by atoms with van der Waals surface area (Å²) < 4.78 is 0. The summed E-state index contributed by atoms with van der Waals surface area (Å²) in [5.74, 6) is -0.441. The number of aryl methyl sites for hydroxylation is 1. The molecule has 2 aromatic heterocycles. The fourth-order valence-corrected chi connectivity index (χ4v) is 5.76. The number of piperidine rings is 1. The maximum atomic E-state index is 13.2. The van der Waals surface area contributed by atoms with Crippen LogP contribution in [0.25, 0.3) is 0 Å². The van der Waals surface area contributed by atoms with Gasteiger partial charge in [-0.1, -0.05) is 0 Å². The third-order valence-corrected chi connectivity index (χ3v) is 8.05. The summed E-state index contributed by atoms with van der Waals surface area (Å²) in [5.41, 5.74) is 7.88. The van der Waals surface area contributed by atoms with Crippen LogP contribution in [0.3, 0.4) is 0 Å². The van der Waals surface area contributed by atoms with Gasteiger partial charge in [0.25, 0.3) is 5.91 Å². The fourth-order valence-electron chi connectivity index (χ4n) is 5.10. The predicted octanol–water partition coefficient (Wildman–Crippen LogP) is 2.26. The number of hydrogen-bond acceptors (Lipinski definition) is 6. The standard InChI is InChI=1S/C26H37N7O3S/c1-19(4-5-23-22(24(27)34)3-2-9-28-23)31-12-6-21(7-13-31)33(17-20-8-16-37-18-20)26(36)30-11-15-32-14-10-29-25(32)35/h2-3,8-9,16,18-19,21H,4-7,10-15,17H2,1H3,(H2,27,34)(H,29,35)(H,30,36)/t19-/m1/s1. The number of thiophene rings is 1. The molecule has 0 radical (unpaired) electrons. The number of rotatable bonds is 11. The second kappa shape index (κ2) is 12.9. The molecular formula is C26H37N7O3S. The molecular weight excluding hydrogens is 490 g/mol. The maximum Gasteiger partial charge on any atom is 0.318 e. The summed E-state index contributed by atoms with van der Waals surface area (Å²) in [6.45, 7) is 6.86. The molecule has 11 heteroatoms. The van der Waals surface area contributed by atoms with E-state index in [0.717, 1.165) is 43.6 Å². The molecule has 37 heavy (non-hydrogen) atoms. The molecule has 10 nitrogen and oxygen atoms in total. The number of nitrogens with one attached hydrogen (secondary N) is 2. The Hall–Kier alpha value is -3.18. The molecule has 0 saturated carbocycles. The van der Waals surface area contributed by atoms with E-state index in [1.165, 1.54) is 0 Å². The quantitative estimate of drug-likeness (QED) is 0.414. The van der Waals surface area contributed by atoms with Gasteiger partial charge in [0.15, 0.2) is 0 Å². The Balaban J connectivity index is 1.29. The molecule has 2 aliphatic heterocycles. The van der Waals surface area contributed by atoms with Gasteiger partial charge in [-0.2, -0.15) is 11.3 Å². The van der Waals surface area contributed by atoms with E-state index in [9.17, 15) is 14.4 Å². The molecule has 2 aliphatic rings. The molecule has 2 fully saturated rings. The van der Waals surface area contributed by atoms with Crippen LogP contribution in [0, 0.1) is 0 Å². The highest BCUT2D eigenvalue weighted by Crippen LogP contribution is 2.23. The zero-order chi connectivity index (χ0) is 26.2. The lowest BCUT2D eigenvalue weighted by molar-refractivity contribution is 0.0942. The van der Waals surface area contributed by atoms with Crippen LogP contribution < -0.4 is 16.4 Å². The van der Waals surface area contributed by atoms with E-state index in [-0.39, 0.29) is 18.1 Å². The second-order valence-corrected chi connectivity index (χ2v) is 10.5. The van der Waals surface area contributed by atoms with Crippen LogP contribution in [0.4, 0.5) is 9.59 Å². The minimum Gasteiger partial charge on any atom is -0.366 e. The van der Waals surface area contributed by atoms with Crippen LogP contribution in [0.1, 0.15) is 47.8 Å². The Morgan fingerprint density at radius 2 is 2.11 bits per heavy atom. The highest BCUT2D eigenvalue weighted by molar-refractivity contribution is 7.07. The molecule has 200 valence electrons. The van der Waals surface area contributed by atoms with Gasteiger partial charge in [0.2, 0.25) is 0 Å². The summed E-state index contributed by atoms with van der Waals surface area (Å²) >= 11 is 1.63. The molecule has 2 aromatic rings. The molecule has 2 saturated heterocycles. The summed E-state index contributed by atoms with van der Waals surface area (Å²) in [7, 11) is 0. The number of urea groups is 2. The van der Waals surface area contributed by atoms with E-state index < -0.39 is 5.91 Å². The Morgan fingerprint density at radius 1 is 1.30 bits per heavy atom. The van der Waals surface area contributed by atoms with Crippen molar-refractivity contribution in [1.82, 2.24) is 30.3 Å². The average Bonchev–Trinajstić information content (AvgIpc) is 3.57. The minimum atomic E-state index is -0.441. The van der Waals surface area contributed by atoms with Gasteiger partial charge >= 0.3 is 12.1 Å². The number of carbonyl (C=O) groups excluding carboxylic acids is 3. The monoisotopic (exact) mass is 527 g/mol. The van der Waals surface area contributed by atoms with Crippen LogP contribution in [-0.2, 0) is 13.0 Å². The highest BCUT2D eigenvalue weighted by Gasteiger charge is 2.30. The molecule has 1 atom stereocenters. The van der Waals surface area contributed by atoms with Gasteiger partial charge in [0.1, 0.15) is 0 Å². The van der Waals surface area contributed by atoms with E-state index >= 15 is 0 Å². The van der Waals surface area contributed by atoms with Crippen LogP contribution >= 0.6 is 11.3 Å². The molecule has 5 amide bonds. The first-order valence-corrected chi connectivity index (χ1v) is 13.9. The molecule has 0 aliphatic carbocycles. The number of primary amides is 1. The predicted molar refractivity (Wildman–Crippen MR) is 143 cm³/mol. The average molecular weight is 528 g/mol. The fraction of sp³-hybridized carbons (Fsp3) is 0.538. The van der Waals surface area contributed by atoms with E-state index in [0.29, 0.717) is 50.7 Å². The zero-order valence-electron chi connectivity index (χ0n) is 21.4. The highest BCUT2D eigenvalue weighted by atomic mass is 32.1. The molecule has 4 rings (SSSR count). The number of pyridine rings is 1. The molecule has 0 spiro atoms. The van der Waals surface area contributed by atoms with Gasteiger partial charge in [0, 0.05) is 64.1 Å². The Morgan fingerprint density at radius 3 is 2.78 bits per heavy atom. The summed E-state index contributed by atoms with van der Waals surface area (Å²) in [6, 6.07) is 5.86. The Labute approximate surface area is 222 Å². The van der Waals surface area contributed by atoms with Crippen molar-refractivity contribution in [3.8, 4) is 0 Å². The number of nitrogens with two attached hydrogens (primary N) is 1. The van der Waals surface area contributed by atoms with Gasteiger partial charge in [-0.25, -0.2) is 9.59 Å². The third-order valence-electron chi connectivity index (χ3n) is 7.31. The minimum absolute atomic E-state index is 0.0697. The Kier molecular flexibility index (Phi) is 9.34. The topological polar surface area (TPSA) is 124 Å².